The maximum absolute atomic E-state index is 5.62. The third-order valence-electron chi connectivity index (χ3n) is 2.87. The summed E-state index contributed by atoms with van der Waals surface area (Å²) in [5.41, 5.74) is 9.53. The van der Waals surface area contributed by atoms with Gasteiger partial charge >= 0.3 is 0 Å². The average Bonchev–Trinajstić information content (AvgIpc) is 2.96. The molecule has 2 aromatic rings. The maximum atomic E-state index is 5.62. The molecule has 1 aliphatic rings. The normalized spacial score (nSPS) is 14.1. The van der Waals surface area contributed by atoms with Gasteiger partial charge in [-0.15, -0.1) is 11.3 Å². The van der Waals surface area contributed by atoms with E-state index < -0.39 is 0 Å². The number of rotatable bonds is 2. The average molecular weight is 231 g/mol. The number of hydrogen-bond donors (Lipinski definition) is 1. The first-order valence-electron chi connectivity index (χ1n) is 5.35. The largest absolute Gasteiger partial charge is 0.372 e. The van der Waals surface area contributed by atoms with Crippen LogP contribution in [0.4, 0.5) is 0 Å². The minimum absolute atomic E-state index is 0.624. The van der Waals surface area contributed by atoms with Crippen molar-refractivity contribution in [2.24, 2.45) is 5.73 Å². The molecular weight excluding hydrogens is 218 g/mol. The monoisotopic (exact) mass is 231 g/mol. The molecule has 0 saturated heterocycles. The summed E-state index contributed by atoms with van der Waals surface area (Å²) in [6.07, 6.45) is 0. The predicted octanol–water partition coefficient (Wildman–Crippen LogP) is 2.90. The van der Waals surface area contributed by atoms with Crippen LogP contribution in [-0.4, -0.2) is 0 Å². The zero-order valence-corrected chi connectivity index (χ0v) is 9.72. The molecule has 2 nitrogen and oxygen atoms in total. The molecule has 1 aromatic heterocycles. The number of hydrogen-bond acceptors (Lipinski definition) is 3. The van der Waals surface area contributed by atoms with Crippen molar-refractivity contribution in [3.05, 3.63) is 46.3 Å². The van der Waals surface area contributed by atoms with E-state index in [0.29, 0.717) is 6.54 Å². The van der Waals surface area contributed by atoms with Gasteiger partial charge in [0, 0.05) is 16.3 Å². The summed E-state index contributed by atoms with van der Waals surface area (Å²) in [6.45, 7) is 2.13. The Bertz CT molecular complexity index is 518. The molecule has 2 N–H and O–H groups in total. The minimum atomic E-state index is 0.624. The van der Waals surface area contributed by atoms with Gasteiger partial charge in [0.15, 0.2) is 0 Å². The number of thiophene rings is 1. The molecule has 3 heteroatoms. The molecule has 0 aliphatic carbocycles. The number of nitrogens with two attached hydrogens (primary N) is 1. The van der Waals surface area contributed by atoms with Crippen molar-refractivity contribution < 1.29 is 4.74 Å². The molecule has 16 heavy (non-hydrogen) atoms. The second kappa shape index (κ2) is 4.01. The lowest BCUT2D eigenvalue weighted by molar-refractivity contribution is 0.134. The molecule has 0 spiro atoms. The van der Waals surface area contributed by atoms with Gasteiger partial charge in [-0.2, -0.15) is 0 Å². The fourth-order valence-electron chi connectivity index (χ4n) is 1.97. The summed E-state index contributed by atoms with van der Waals surface area (Å²) in [7, 11) is 0. The lowest BCUT2D eigenvalue weighted by Gasteiger charge is -2.01. The minimum Gasteiger partial charge on any atom is -0.372 e. The Kier molecular flexibility index (Phi) is 2.52. The highest BCUT2D eigenvalue weighted by molar-refractivity contribution is 7.15. The van der Waals surface area contributed by atoms with Crippen LogP contribution in [0.3, 0.4) is 0 Å². The Morgan fingerprint density at radius 3 is 2.81 bits per heavy atom. The van der Waals surface area contributed by atoms with Crippen LogP contribution in [0, 0.1) is 0 Å². The maximum Gasteiger partial charge on any atom is 0.0725 e. The summed E-state index contributed by atoms with van der Waals surface area (Å²) in [5, 5.41) is 0. The molecule has 0 saturated carbocycles. The third kappa shape index (κ3) is 1.67. The van der Waals surface area contributed by atoms with Crippen LogP contribution in [0.15, 0.2) is 30.3 Å². The second-order valence-corrected chi connectivity index (χ2v) is 5.11. The highest BCUT2D eigenvalue weighted by atomic mass is 32.1. The lowest BCUT2D eigenvalue weighted by atomic mass is 10.1. The predicted molar refractivity (Wildman–Crippen MR) is 66.1 cm³/mol. The Balaban J connectivity index is 2.00. The summed E-state index contributed by atoms with van der Waals surface area (Å²) in [6, 6.07) is 10.8. The van der Waals surface area contributed by atoms with Crippen LogP contribution >= 0.6 is 11.3 Å². The molecule has 0 fully saturated rings. The van der Waals surface area contributed by atoms with Gasteiger partial charge in [0.2, 0.25) is 0 Å². The van der Waals surface area contributed by atoms with Gasteiger partial charge in [0.05, 0.1) is 13.2 Å². The molecule has 0 radical (unpaired) electrons. The van der Waals surface area contributed by atoms with Gasteiger partial charge in [0.25, 0.3) is 0 Å². The van der Waals surface area contributed by atoms with Gasteiger partial charge in [-0.1, -0.05) is 12.1 Å². The van der Waals surface area contributed by atoms with E-state index in [-0.39, 0.29) is 0 Å². The van der Waals surface area contributed by atoms with Crippen molar-refractivity contribution in [2.75, 3.05) is 0 Å². The van der Waals surface area contributed by atoms with E-state index in [9.17, 15) is 0 Å². The lowest BCUT2D eigenvalue weighted by Crippen LogP contribution is -1.91. The highest BCUT2D eigenvalue weighted by Gasteiger charge is 2.12. The van der Waals surface area contributed by atoms with E-state index in [1.54, 1.807) is 11.3 Å². The first-order valence-corrected chi connectivity index (χ1v) is 6.17. The molecular formula is C13H13NOS. The van der Waals surface area contributed by atoms with Crippen LogP contribution in [0.25, 0.3) is 10.4 Å². The molecule has 1 aromatic carbocycles. The molecule has 82 valence electrons. The van der Waals surface area contributed by atoms with Crippen molar-refractivity contribution in [2.45, 2.75) is 19.8 Å². The Morgan fingerprint density at radius 2 is 2.00 bits per heavy atom. The summed E-state index contributed by atoms with van der Waals surface area (Å²) in [4.78, 5) is 2.52. The SMILES string of the molecule is NCc1ccc(-c2ccc3c(c2)COC3)s1. The molecule has 0 amide bonds. The fraction of sp³-hybridized carbons (Fsp3) is 0.231. The Hall–Kier alpha value is -1.16. The first-order chi connectivity index (χ1) is 7.86. The molecule has 0 atom stereocenters. The van der Waals surface area contributed by atoms with E-state index in [2.05, 4.69) is 30.3 Å². The van der Waals surface area contributed by atoms with Crippen LogP contribution in [0.5, 0.6) is 0 Å². The third-order valence-corrected chi connectivity index (χ3v) is 4.03. The van der Waals surface area contributed by atoms with Gasteiger partial charge < -0.3 is 10.5 Å². The van der Waals surface area contributed by atoms with Crippen LogP contribution < -0.4 is 5.73 Å². The Labute approximate surface area is 98.7 Å². The van der Waals surface area contributed by atoms with Crippen LogP contribution in [-0.2, 0) is 24.5 Å². The zero-order chi connectivity index (χ0) is 11.0. The Morgan fingerprint density at radius 1 is 1.12 bits per heavy atom. The summed E-state index contributed by atoms with van der Waals surface area (Å²) >= 11 is 1.77. The van der Waals surface area contributed by atoms with Crippen molar-refractivity contribution in [1.29, 1.82) is 0 Å². The van der Waals surface area contributed by atoms with Crippen molar-refractivity contribution >= 4 is 11.3 Å². The van der Waals surface area contributed by atoms with Gasteiger partial charge in [-0.3, -0.25) is 0 Å². The van der Waals surface area contributed by atoms with Crippen molar-refractivity contribution in [3.63, 3.8) is 0 Å². The zero-order valence-electron chi connectivity index (χ0n) is 8.90. The quantitative estimate of drug-likeness (QED) is 0.862. The molecule has 1 aliphatic heterocycles. The first kappa shape index (κ1) is 10.0. The summed E-state index contributed by atoms with van der Waals surface area (Å²) < 4.78 is 5.42. The van der Waals surface area contributed by atoms with Crippen LogP contribution in [0.2, 0.25) is 0 Å². The van der Waals surface area contributed by atoms with E-state index >= 15 is 0 Å². The summed E-state index contributed by atoms with van der Waals surface area (Å²) in [5.74, 6) is 0. The van der Waals surface area contributed by atoms with Crippen molar-refractivity contribution in [3.8, 4) is 10.4 Å². The standard InChI is InChI=1S/C13H13NOS/c14-6-12-3-4-13(16-12)9-1-2-10-7-15-8-11(10)5-9/h1-5H,6-8,14H2. The number of fused-ring (bicyclic) bond motifs is 1. The number of benzene rings is 1. The van der Waals surface area contributed by atoms with E-state index in [4.69, 9.17) is 10.5 Å². The van der Waals surface area contributed by atoms with E-state index in [1.807, 2.05) is 0 Å². The molecule has 0 bridgehead atoms. The second-order valence-electron chi connectivity index (χ2n) is 3.95. The van der Waals surface area contributed by atoms with Gasteiger partial charge in [0.1, 0.15) is 0 Å². The smallest absolute Gasteiger partial charge is 0.0725 e. The van der Waals surface area contributed by atoms with Gasteiger partial charge in [-0.05, 0) is 34.9 Å². The molecule has 0 unspecified atom stereocenters. The van der Waals surface area contributed by atoms with Crippen molar-refractivity contribution in [1.82, 2.24) is 0 Å². The van der Waals surface area contributed by atoms with E-state index in [1.165, 1.54) is 26.4 Å². The topological polar surface area (TPSA) is 35.2 Å². The van der Waals surface area contributed by atoms with Gasteiger partial charge in [-0.25, -0.2) is 0 Å². The molecule has 2 heterocycles. The van der Waals surface area contributed by atoms with Crippen LogP contribution in [0.1, 0.15) is 16.0 Å². The fourth-order valence-corrected chi connectivity index (χ4v) is 2.85. The number of ether oxygens (including phenoxy) is 1. The molecule has 3 rings (SSSR count). The highest BCUT2D eigenvalue weighted by Crippen LogP contribution is 2.31. The van der Waals surface area contributed by atoms with E-state index in [0.717, 1.165) is 13.2 Å².